The van der Waals surface area contributed by atoms with E-state index in [1.807, 2.05) is 0 Å². The fourth-order valence-corrected chi connectivity index (χ4v) is 3.70. The Morgan fingerprint density at radius 3 is 2.25 bits per heavy atom. The number of nitrogens with one attached hydrogen (secondary N) is 1. The van der Waals surface area contributed by atoms with Crippen LogP contribution in [0.1, 0.15) is 15.9 Å². The van der Waals surface area contributed by atoms with Crippen molar-refractivity contribution in [3.63, 3.8) is 0 Å². The van der Waals surface area contributed by atoms with Gasteiger partial charge in [0.25, 0.3) is 11.1 Å². The molecule has 1 aliphatic heterocycles. The first-order chi connectivity index (χ1) is 13.3. The summed E-state index contributed by atoms with van der Waals surface area (Å²) in [5.41, 5.74) is 1.51. The van der Waals surface area contributed by atoms with Gasteiger partial charge in [-0.1, -0.05) is 35.5 Å². The van der Waals surface area contributed by atoms with Crippen molar-refractivity contribution >= 4 is 52.1 Å². The first-order valence-corrected chi connectivity index (χ1v) is 9.49. The summed E-state index contributed by atoms with van der Waals surface area (Å²) in [7, 11) is 0. The predicted molar refractivity (Wildman–Crippen MR) is 106 cm³/mol. The summed E-state index contributed by atoms with van der Waals surface area (Å²) in [5.74, 6) is -1.95. The molecule has 0 spiro atoms. The van der Waals surface area contributed by atoms with Gasteiger partial charge in [0.05, 0.1) is 5.25 Å². The van der Waals surface area contributed by atoms with Gasteiger partial charge in [0.2, 0.25) is 5.91 Å². The second kappa shape index (κ2) is 8.45. The van der Waals surface area contributed by atoms with E-state index in [4.69, 9.17) is 11.6 Å². The van der Waals surface area contributed by atoms with Crippen molar-refractivity contribution < 1.29 is 24.3 Å². The normalized spacial score (nSPS) is 16.0. The van der Waals surface area contributed by atoms with Crippen LogP contribution >= 0.6 is 23.4 Å². The summed E-state index contributed by atoms with van der Waals surface area (Å²) < 4.78 is 0. The molecule has 3 amide bonds. The van der Waals surface area contributed by atoms with E-state index in [2.05, 4.69) is 5.32 Å². The Labute approximate surface area is 169 Å². The fraction of sp³-hybridized carbons (Fsp3) is 0.158. The number of carboxylic acids is 1. The van der Waals surface area contributed by atoms with Crippen LogP contribution < -0.4 is 10.2 Å². The number of aliphatic carboxylic acids is 1. The molecule has 9 heteroatoms. The molecular weight excluding hydrogens is 404 g/mol. The van der Waals surface area contributed by atoms with Gasteiger partial charge in [-0.15, -0.1) is 0 Å². The predicted octanol–water partition coefficient (Wildman–Crippen LogP) is 2.97. The van der Waals surface area contributed by atoms with Crippen LogP contribution in [0.3, 0.4) is 0 Å². The van der Waals surface area contributed by atoms with E-state index in [0.29, 0.717) is 22.7 Å². The van der Waals surface area contributed by atoms with Crippen LogP contribution in [0.5, 0.6) is 0 Å². The number of imide groups is 1. The number of thioether (sulfide) groups is 1. The minimum Gasteiger partial charge on any atom is -0.480 e. The summed E-state index contributed by atoms with van der Waals surface area (Å²) in [4.78, 5) is 48.1. The molecule has 0 aliphatic carbocycles. The number of benzene rings is 2. The zero-order valence-electron chi connectivity index (χ0n) is 14.4. The third-order valence-corrected chi connectivity index (χ3v) is 5.30. The lowest BCUT2D eigenvalue weighted by atomic mass is 10.1. The van der Waals surface area contributed by atoms with Crippen molar-refractivity contribution in [2.75, 3.05) is 11.4 Å². The minimum atomic E-state index is -1.15. The second-order valence-electron chi connectivity index (χ2n) is 6.05. The molecule has 1 atom stereocenters. The van der Waals surface area contributed by atoms with Crippen LogP contribution in [-0.2, 0) is 16.0 Å². The molecule has 1 unspecified atom stereocenters. The molecule has 1 fully saturated rings. The van der Waals surface area contributed by atoms with E-state index in [1.165, 1.54) is 12.1 Å². The fourth-order valence-electron chi connectivity index (χ4n) is 2.72. The van der Waals surface area contributed by atoms with Crippen LogP contribution in [-0.4, -0.2) is 39.9 Å². The lowest BCUT2D eigenvalue weighted by Crippen LogP contribution is -2.35. The number of halogens is 1. The number of hydrogen-bond acceptors (Lipinski definition) is 5. The molecule has 0 bridgehead atoms. The number of carbonyl (C=O) groups is 4. The van der Waals surface area contributed by atoms with Crippen LogP contribution in [0.4, 0.5) is 10.5 Å². The molecule has 1 heterocycles. The molecule has 0 saturated carbocycles. The lowest BCUT2D eigenvalue weighted by molar-refractivity contribution is -0.135. The van der Waals surface area contributed by atoms with E-state index < -0.39 is 23.7 Å². The van der Waals surface area contributed by atoms with Gasteiger partial charge in [-0.3, -0.25) is 29.4 Å². The Morgan fingerprint density at radius 1 is 1.07 bits per heavy atom. The minimum absolute atomic E-state index is 0.312. The number of rotatable bonds is 6. The average Bonchev–Trinajstić information content (AvgIpc) is 2.97. The second-order valence-corrected chi connectivity index (χ2v) is 7.66. The zero-order chi connectivity index (χ0) is 20.3. The van der Waals surface area contributed by atoms with Gasteiger partial charge in [-0.2, -0.15) is 0 Å². The molecule has 144 valence electrons. The third-order valence-electron chi connectivity index (χ3n) is 4.07. The van der Waals surface area contributed by atoms with Crippen LogP contribution in [0.2, 0.25) is 5.02 Å². The average molecular weight is 419 g/mol. The highest BCUT2D eigenvalue weighted by Gasteiger charge is 2.31. The largest absolute Gasteiger partial charge is 0.480 e. The highest BCUT2D eigenvalue weighted by molar-refractivity contribution is 8.15. The van der Waals surface area contributed by atoms with Crippen molar-refractivity contribution in [3.8, 4) is 0 Å². The van der Waals surface area contributed by atoms with Crippen molar-refractivity contribution in [1.29, 1.82) is 0 Å². The van der Waals surface area contributed by atoms with E-state index in [0.717, 1.165) is 22.2 Å². The number of nitrogens with zero attached hydrogens (tertiary/aromatic N) is 1. The van der Waals surface area contributed by atoms with Gasteiger partial charge >= 0.3 is 5.97 Å². The highest BCUT2D eigenvalue weighted by Crippen LogP contribution is 2.25. The molecule has 2 aromatic carbocycles. The van der Waals surface area contributed by atoms with Crippen LogP contribution in [0.25, 0.3) is 0 Å². The number of carbonyl (C=O) groups excluding carboxylic acids is 3. The maximum Gasteiger partial charge on any atom is 0.323 e. The monoisotopic (exact) mass is 418 g/mol. The lowest BCUT2D eigenvalue weighted by Gasteiger charge is -2.21. The Morgan fingerprint density at radius 2 is 1.71 bits per heavy atom. The first kappa shape index (κ1) is 19.9. The maximum atomic E-state index is 12.8. The maximum absolute atomic E-state index is 12.8. The molecule has 0 aromatic heterocycles. The summed E-state index contributed by atoms with van der Waals surface area (Å²) >= 11 is 6.77. The van der Waals surface area contributed by atoms with Gasteiger partial charge in [0.1, 0.15) is 6.54 Å². The molecule has 1 aliphatic rings. The SMILES string of the molecule is O=C(O)CN(C(=O)c1ccc(Cl)cc1)c1ccc(CC2SC(=O)NC2=O)cc1. The Hall–Kier alpha value is -2.84. The van der Waals surface area contributed by atoms with E-state index in [-0.39, 0.29) is 11.1 Å². The van der Waals surface area contributed by atoms with Crippen molar-refractivity contribution in [3.05, 3.63) is 64.7 Å². The Balaban J connectivity index is 1.79. The van der Waals surface area contributed by atoms with Gasteiger partial charge in [0.15, 0.2) is 0 Å². The van der Waals surface area contributed by atoms with Crippen LogP contribution in [0.15, 0.2) is 48.5 Å². The highest BCUT2D eigenvalue weighted by atomic mass is 35.5. The van der Waals surface area contributed by atoms with E-state index >= 15 is 0 Å². The Bertz CT molecular complexity index is 930. The smallest absolute Gasteiger partial charge is 0.323 e. The summed E-state index contributed by atoms with van der Waals surface area (Å²) in [6.45, 7) is -0.504. The number of anilines is 1. The molecule has 3 rings (SSSR count). The quantitative estimate of drug-likeness (QED) is 0.747. The molecule has 7 nitrogen and oxygen atoms in total. The Kier molecular flexibility index (Phi) is 6.01. The van der Waals surface area contributed by atoms with Crippen molar-refractivity contribution in [2.45, 2.75) is 11.7 Å². The van der Waals surface area contributed by atoms with Gasteiger partial charge < -0.3 is 5.11 Å². The molecule has 0 radical (unpaired) electrons. The standard InChI is InChI=1S/C19H15ClN2O5S/c20-13-5-3-12(4-6-13)18(26)22(10-16(23)24)14-7-1-11(2-8-14)9-15-17(25)21-19(27)28-15/h1-8,15H,9-10H2,(H,23,24)(H,21,25,27). The van der Waals surface area contributed by atoms with Gasteiger partial charge in [0, 0.05) is 16.3 Å². The van der Waals surface area contributed by atoms with E-state index in [1.54, 1.807) is 36.4 Å². The number of amides is 3. The van der Waals surface area contributed by atoms with E-state index in [9.17, 15) is 24.3 Å². The van der Waals surface area contributed by atoms with Crippen molar-refractivity contribution in [1.82, 2.24) is 5.32 Å². The molecule has 28 heavy (non-hydrogen) atoms. The number of hydrogen-bond donors (Lipinski definition) is 2. The van der Waals surface area contributed by atoms with Gasteiger partial charge in [-0.05, 0) is 48.4 Å². The summed E-state index contributed by atoms with van der Waals surface area (Å²) in [6, 6.07) is 12.8. The van der Waals surface area contributed by atoms with Crippen LogP contribution in [0, 0.1) is 0 Å². The van der Waals surface area contributed by atoms with Crippen molar-refractivity contribution in [2.24, 2.45) is 0 Å². The topological polar surface area (TPSA) is 104 Å². The molecule has 2 aromatic rings. The number of carboxylic acid groups (broad SMARTS) is 1. The summed E-state index contributed by atoms with van der Waals surface area (Å²) in [5, 5.41) is 11.0. The van der Waals surface area contributed by atoms with Gasteiger partial charge in [-0.25, -0.2) is 0 Å². The molecular formula is C19H15ClN2O5S. The molecule has 2 N–H and O–H groups in total. The summed E-state index contributed by atoms with van der Waals surface area (Å²) in [6.07, 6.45) is 0.354. The third kappa shape index (κ3) is 4.71. The first-order valence-electron chi connectivity index (χ1n) is 8.23. The molecule has 1 saturated heterocycles. The zero-order valence-corrected chi connectivity index (χ0v) is 16.0.